The van der Waals surface area contributed by atoms with Crippen molar-refractivity contribution in [2.24, 2.45) is 0 Å². The summed E-state index contributed by atoms with van der Waals surface area (Å²) >= 11 is 0. The molecule has 8 nitrogen and oxygen atoms in total. The van der Waals surface area contributed by atoms with E-state index >= 15 is 0 Å². The van der Waals surface area contributed by atoms with Gasteiger partial charge in [-0.3, -0.25) is 20.4 Å². The zero-order valence-corrected chi connectivity index (χ0v) is 18.9. The van der Waals surface area contributed by atoms with Gasteiger partial charge < -0.3 is 9.30 Å². The average molecular weight is 456 g/mol. The first kappa shape index (κ1) is 23.2. The van der Waals surface area contributed by atoms with Crippen LogP contribution in [0.2, 0.25) is 0 Å². The van der Waals surface area contributed by atoms with Gasteiger partial charge >= 0.3 is 0 Å². The topological polar surface area (TPSA) is 106 Å². The molecule has 2 aromatic carbocycles. The SMILES string of the molecule is COCCS(=O)(=O)c1ccc(C(=O)NNC(=O)c2cc(C)n(-c3ccccc3)c2C)cc1. The minimum atomic E-state index is -3.48. The van der Waals surface area contributed by atoms with E-state index in [0.717, 1.165) is 17.1 Å². The Morgan fingerprint density at radius 1 is 0.938 bits per heavy atom. The number of hydrogen-bond donors (Lipinski definition) is 2. The van der Waals surface area contributed by atoms with Crippen LogP contribution in [0, 0.1) is 13.8 Å². The third-order valence-electron chi connectivity index (χ3n) is 5.01. The minimum Gasteiger partial charge on any atom is -0.384 e. The fourth-order valence-corrected chi connectivity index (χ4v) is 4.52. The highest BCUT2D eigenvalue weighted by Gasteiger charge is 2.18. The van der Waals surface area contributed by atoms with Crippen molar-refractivity contribution in [3.63, 3.8) is 0 Å². The van der Waals surface area contributed by atoms with E-state index in [1.54, 1.807) is 6.07 Å². The van der Waals surface area contributed by atoms with Crippen LogP contribution in [-0.4, -0.2) is 44.3 Å². The van der Waals surface area contributed by atoms with Crippen LogP contribution in [0.25, 0.3) is 5.69 Å². The number of benzene rings is 2. The quantitative estimate of drug-likeness (QED) is 0.533. The highest BCUT2D eigenvalue weighted by atomic mass is 32.2. The highest BCUT2D eigenvalue weighted by molar-refractivity contribution is 7.91. The van der Waals surface area contributed by atoms with E-state index in [0.29, 0.717) is 5.56 Å². The molecule has 3 aromatic rings. The van der Waals surface area contributed by atoms with E-state index < -0.39 is 21.7 Å². The molecule has 0 radical (unpaired) electrons. The number of rotatable bonds is 7. The third-order valence-corrected chi connectivity index (χ3v) is 6.71. The summed E-state index contributed by atoms with van der Waals surface area (Å²) in [4.78, 5) is 25.1. The van der Waals surface area contributed by atoms with E-state index in [9.17, 15) is 18.0 Å². The molecule has 0 saturated heterocycles. The number of carbonyl (C=O) groups is 2. The zero-order valence-electron chi connectivity index (χ0n) is 18.1. The fraction of sp³-hybridized carbons (Fsp3) is 0.217. The van der Waals surface area contributed by atoms with E-state index in [4.69, 9.17) is 4.74 Å². The van der Waals surface area contributed by atoms with Gasteiger partial charge in [0.05, 0.1) is 22.8 Å². The first-order valence-electron chi connectivity index (χ1n) is 9.91. The molecular weight excluding hydrogens is 430 g/mol. The second-order valence-corrected chi connectivity index (χ2v) is 9.31. The lowest BCUT2D eigenvalue weighted by atomic mass is 10.2. The number of nitrogens with one attached hydrogen (secondary N) is 2. The van der Waals surface area contributed by atoms with Crippen LogP contribution in [0.15, 0.2) is 65.6 Å². The number of amides is 2. The molecule has 1 heterocycles. The number of methoxy groups -OCH3 is 1. The van der Waals surface area contributed by atoms with Gasteiger partial charge in [-0.2, -0.15) is 0 Å². The molecule has 0 bridgehead atoms. The molecule has 0 aliphatic heterocycles. The van der Waals surface area contributed by atoms with Crippen LogP contribution < -0.4 is 10.9 Å². The van der Waals surface area contributed by atoms with E-state index in [1.165, 1.54) is 31.4 Å². The Balaban J connectivity index is 1.67. The van der Waals surface area contributed by atoms with E-state index in [1.807, 2.05) is 48.7 Å². The van der Waals surface area contributed by atoms with Crippen molar-refractivity contribution >= 4 is 21.7 Å². The molecule has 0 fully saturated rings. The Morgan fingerprint density at radius 2 is 1.56 bits per heavy atom. The predicted octanol–water partition coefficient (Wildman–Crippen LogP) is 2.59. The number of aromatic nitrogens is 1. The molecule has 0 spiro atoms. The molecule has 9 heteroatoms. The molecule has 1 aromatic heterocycles. The summed E-state index contributed by atoms with van der Waals surface area (Å²) in [6, 6.07) is 16.9. The molecule has 2 N–H and O–H groups in total. The molecule has 0 aliphatic carbocycles. The van der Waals surface area contributed by atoms with Gasteiger partial charge in [0.25, 0.3) is 11.8 Å². The number of hydrogen-bond acceptors (Lipinski definition) is 5. The zero-order chi connectivity index (χ0) is 23.3. The van der Waals surface area contributed by atoms with Gasteiger partial charge in [0.1, 0.15) is 0 Å². The number of aryl methyl sites for hydroxylation is 1. The molecule has 0 atom stereocenters. The summed E-state index contributed by atoms with van der Waals surface area (Å²) in [5.41, 5.74) is 8.00. The van der Waals surface area contributed by atoms with Crippen LogP contribution in [0.1, 0.15) is 32.1 Å². The lowest BCUT2D eigenvalue weighted by Gasteiger charge is -2.10. The Kier molecular flexibility index (Phi) is 7.12. The van der Waals surface area contributed by atoms with Gasteiger partial charge in [-0.15, -0.1) is 0 Å². The maximum absolute atomic E-state index is 12.7. The second kappa shape index (κ2) is 9.80. The Hall–Kier alpha value is -3.43. The summed E-state index contributed by atoms with van der Waals surface area (Å²) in [5, 5.41) is 0. The van der Waals surface area contributed by atoms with Crippen molar-refractivity contribution in [2.45, 2.75) is 18.7 Å². The lowest BCUT2D eigenvalue weighted by Crippen LogP contribution is -2.41. The number of carbonyl (C=O) groups excluding carboxylic acids is 2. The van der Waals surface area contributed by atoms with Crippen LogP contribution in [0.5, 0.6) is 0 Å². The monoisotopic (exact) mass is 455 g/mol. The molecule has 2 amide bonds. The van der Waals surface area contributed by atoms with Gasteiger partial charge in [-0.1, -0.05) is 18.2 Å². The second-order valence-electron chi connectivity index (χ2n) is 7.20. The Labute approximate surface area is 187 Å². The Morgan fingerprint density at radius 3 is 2.19 bits per heavy atom. The van der Waals surface area contributed by atoms with Gasteiger partial charge in [-0.25, -0.2) is 8.42 Å². The number of ether oxygens (including phenoxy) is 1. The van der Waals surface area contributed by atoms with Crippen molar-refractivity contribution in [3.8, 4) is 5.69 Å². The highest BCUT2D eigenvalue weighted by Crippen LogP contribution is 2.20. The average Bonchev–Trinajstić information content (AvgIpc) is 3.10. The normalized spacial score (nSPS) is 11.2. The minimum absolute atomic E-state index is 0.0848. The number of para-hydroxylation sites is 1. The molecule has 168 valence electrons. The molecule has 3 rings (SSSR count). The largest absolute Gasteiger partial charge is 0.384 e. The van der Waals surface area contributed by atoms with Crippen LogP contribution in [0.4, 0.5) is 0 Å². The number of sulfone groups is 1. The van der Waals surface area contributed by atoms with Gasteiger partial charge in [-0.05, 0) is 56.3 Å². The summed E-state index contributed by atoms with van der Waals surface area (Å²) < 4.78 is 31.1. The molecule has 32 heavy (non-hydrogen) atoms. The van der Waals surface area contributed by atoms with Gasteiger partial charge in [0.2, 0.25) is 0 Å². The number of nitrogens with zero attached hydrogens (tertiary/aromatic N) is 1. The van der Waals surface area contributed by atoms with Gasteiger partial charge in [0.15, 0.2) is 9.84 Å². The van der Waals surface area contributed by atoms with Gasteiger partial charge in [0, 0.05) is 29.7 Å². The maximum atomic E-state index is 12.7. The van der Waals surface area contributed by atoms with Crippen LogP contribution >= 0.6 is 0 Å². The Bertz CT molecular complexity index is 1220. The van der Waals surface area contributed by atoms with Crippen molar-refractivity contribution in [3.05, 3.63) is 83.2 Å². The van der Waals surface area contributed by atoms with Crippen LogP contribution in [0.3, 0.4) is 0 Å². The van der Waals surface area contributed by atoms with Crippen LogP contribution in [-0.2, 0) is 14.6 Å². The van der Waals surface area contributed by atoms with Crippen molar-refractivity contribution < 1.29 is 22.7 Å². The number of hydrazine groups is 1. The fourth-order valence-electron chi connectivity index (χ4n) is 3.34. The maximum Gasteiger partial charge on any atom is 0.271 e. The van der Waals surface area contributed by atoms with E-state index in [-0.39, 0.29) is 22.8 Å². The van der Waals surface area contributed by atoms with Crippen molar-refractivity contribution in [1.29, 1.82) is 0 Å². The first-order valence-corrected chi connectivity index (χ1v) is 11.6. The van der Waals surface area contributed by atoms with Crippen molar-refractivity contribution in [2.75, 3.05) is 19.5 Å². The smallest absolute Gasteiger partial charge is 0.271 e. The molecular formula is C23H25N3O5S. The standard InChI is InChI=1S/C23H25N3O5S/c1-16-15-21(17(2)26(16)19-7-5-4-6-8-19)23(28)25-24-22(27)18-9-11-20(12-10-18)32(29,30)14-13-31-3/h4-12,15H,13-14H2,1-3H3,(H,24,27)(H,25,28). The van der Waals surface area contributed by atoms with E-state index in [2.05, 4.69) is 10.9 Å². The third kappa shape index (κ3) is 5.06. The molecule has 0 saturated carbocycles. The van der Waals surface area contributed by atoms with Crippen molar-refractivity contribution in [1.82, 2.24) is 15.4 Å². The summed E-state index contributed by atoms with van der Waals surface area (Å²) in [5.74, 6) is -1.16. The molecule has 0 unspecified atom stereocenters. The predicted molar refractivity (Wildman–Crippen MR) is 121 cm³/mol. The summed E-state index contributed by atoms with van der Waals surface area (Å²) in [7, 11) is -2.06. The summed E-state index contributed by atoms with van der Waals surface area (Å²) in [6.45, 7) is 3.82. The molecule has 0 aliphatic rings. The first-order chi connectivity index (χ1) is 15.2. The summed E-state index contributed by atoms with van der Waals surface area (Å²) in [6.07, 6.45) is 0. The lowest BCUT2D eigenvalue weighted by molar-refractivity contribution is 0.0846.